The summed E-state index contributed by atoms with van der Waals surface area (Å²) in [6.45, 7) is 3.50. The fraction of sp³-hybridized carbons (Fsp3) is 0.182. The first kappa shape index (κ1) is 10.3. The molecule has 14 heavy (non-hydrogen) atoms. The smallest absolute Gasteiger partial charge is 0.314 e. The first-order valence-corrected chi connectivity index (χ1v) is 4.19. The van der Waals surface area contributed by atoms with Crippen LogP contribution in [0, 0.1) is 0 Å². The van der Waals surface area contributed by atoms with Crippen molar-refractivity contribution < 1.29 is 14.6 Å². The number of carbonyl (C=O) groups is 1. The van der Waals surface area contributed by atoms with E-state index in [-0.39, 0.29) is 0 Å². The standard InChI is InChI=1S/C11H12O3/c1-3-8(11(12)13)9-6-4-5-7-10(9)14-2/h3-8H,1H2,2H3,(H,12,13). The van der Waals surface area contributed by atoms with Crippen LogP contribution in [0.4, 0.5) is 0 Å². The molecule has 3 heteroatoms. The summed E-state index contributed by atoms with van der Waals surface area (Å²) in [5, 5.41) is 8.92. The van der Waals surface area contributed by atoms with Crippen molar-refractivity contribution in [3.05, 3.63) is 42.5 Å². The van der Waals surface area contributed by atoms with Crippen molar-refractivity contribution in [2.45, 2.75) is 5.92 Å². The maximum Gasteiger partial charge on any atom is 0.314 e. The van der Waals surface area contributed by atoms with Gasteiger partial charge in [0, 0.05) is 5.56 Å². The summed E-state index contributed by atoms with van der Waals surface area (Å²) in [5.74, 6) is -1.07. The van der Waals surface area contributed by atoms with E-state index in [4.69, 9.17) is 9.84 Å². The molecule has 0 saturated heterocycles. The zero-order valence-electron chi connectivity index (χ0n) is 7.93. The highest BCUT2D eigenvalue weighted by atomic mass is 16.5. The van der Waals surface area contributed by atoms with Gasteiger partial charge < -0.3 is 9.84 Å². The summed E-state index contributed by atoms with van der Waals surface area (Å²) in [4.78, 5) is 10.9. The Morgan fingerprint density at radius 3 is 2.71 bits per heavy atom. The minimum absolute atomic E-state index is 0.569. The predicted molar refractivity (Wildman–Crippen MR) is 53.6 cm³/mol. The van der Waals surface area contributed by atoms with Crippen LogP contribution < -0.4 is 4.74 Å². The van der Waals surface area contributed by atoms with Crippen molar-refractivity contribution in [2.75, 3.05) is 7.11 Å². The Morgan fingerprint density at radius 1 is 1.57 bits per heavy atom. The van der Waals surface area contributed by atoms with Gasteiger partial charge in [0.25, 0.3) is 0 Å². The Hall–Kier alpha value is -1.77. The van der Waals surface area contributed by atoms with Crippen LogP contribution in [0.5, 0.6) is 5.75 Å². The third kappa shape index (κ3) is 1.93. The molecular formula is C11H12O3. The molecule has 1 aromatic rings. The average molecular weight is 192 g/mol. The normalized spacial score (nSPS) is 11.8. The van der Waals surface area contributed by atoms with Crippen LogP contribution in [-0.2, 0) is 4.79 Å². The fourth-order valence-corrected chi connectivity index (χ4v) is 1.28. The molecule has 1 unspecified atom stereocenters. The molecule has 1 N–H and O–H groups in total. The molecular weight excluding hydrogens is 180 g/mol. The van der Waals surface area contributed by atoms with Crippen molar-refractivity contribution in [2.24, 2.45) is 0 Å². The molecule has 0 aliphatic rings. The lowest BCUT2D eigenvalue weighted by Crippen LogP contribution is -2.09. The average Bonchev–Trinajstić information content (AvgIpc) is 2.19. The predicted octanol–water partition coefficient (Wildman–Crippen LogP) is 2.05. The zero-order valence-corrected chi connectivity index (χ0v) is 7.93. The maximum atomic E-state index is 10.9. The third-order valence-electron chi connectivity index (χ3n) is 1.98. The van der Waals surface area contributed by atoms with Crippen molar-refractivity contribution in [1.29, 1.82) is 0 Å². The fourth-order valence-electron chi connectivity index (χ4n) is 1.28. The molecule has 0 aliphatic heterocycles. The van der Waals surface area contributed by atoms with E-state index in [1.165, 1.54) is 13.2 Å². The second-order valence-electron chi connectivity index (χ2n) is 2.79. The summed E-state index contributed by atoms with van der Waals surface area (Å²) in [7, 11) is 1.51. The quantitative estimate of drug-likeness (QED) is 0.742. The van der Waals surface area contributed by atoms with E-state index in [9.17, 15) is 4.79 Å². The Morgan fingerprint density at radius 2 is 2.21 bits per heavy atom. The molecule has 74 valence electrons. The lowest BCUT2D eigenvalue weighted by molar-refractivity contribution is -0.137. The highest BCUT2D eigenvalue weighted by Crippen LogP contribution is 2.27. The Labute approximate surface area is 82.6 Å². The second kappa shape index (κ2) is 4.46. The second-order valence-corrected chi connectivity index (χ2v) is 2.79. The lowest BCUT2D eigenvalue weighted by Gasteiger charge is -2.11. The minimum atomic E-state index is -0.926. The molecule has 0 saturated carbocycles. The van der Waals surface area contributed by atoms with Gasteiger partial charge in [-0.2, -0.15) is 0 Å². The van der Waals surface area contributed by atoms with Gasteiger partial charge in [-0.3, -0.25) is 4.79 Å². The summed E-state index contributed by atoms with van der Waals surface area (Å²) in [5.41, 5.74) is 0.623. The summed E-state index contributed by atoms with van der Waals surface area (Å²) >= 11 is 0. The molecule has 0 amide bonds. The molecule has 3 nitrogen and oxygen atoms in total. The zero-order chi connectivity index (χ0) is 10.6. The number of hydrogen-bond acceptors (Lipinski definition) is 2. The molecule has 0 aliphatic carbocycles. The number of ether oxygens (including phenoxy) is 1. The van der Waals surface area contributed by atoms with Crippen LogP contribution in [0.15, 0.2) is 36.9 Å². The molecule has 0 aromatic heterocycles. The summed E-state index contributed by atoms with van der Waals surface area (Å²) < 4.78 is 5.07. The summed E-state index contributed by atoms with van der Waals surface area (Å²) in [6, 6.07) is 7.02. The largest absolute Gasteiger partial charge is 0.496 e. The highest BCUT2D eigenvalue weighted by Gasteiger charge is 2.19. The number of carboxylic acids is 1. The van der Waals surface area contributed by atoms with Crippen molar-refractivity contribution in [3.8, 4) is 5.75 Å². The molecule has 0 radical (unpaired) electrons. The number of para-hydroxylation sites is 1. The van der Waals surface area contributed by atoms with Crippen LogP contribution in [0.25, 0.3) is 0 Å². The highest BCUT2D eigenvalue weighted by molar-refractivity contribution is 5.79. The van der Waals surface area contributed by atoms with Gasteiger partial charge in [-0.25, -0.2) is 0 Å². The van der Waals surface area contributed by atoms with Gasteiger partial charge in [0.15, 0.2) is 0 Å². The van der Waals surface area contributed by atoms with E-state index < -0.39 is 11.9 Å². The van der Waals surface area contributed by atoms with Gasteiger partial charge >= 0.3 is 5.97 Å². The van der Waals surface area contributed by atoms with Crippen molar-refractivity contribution in [3.63, 3.8) is 0 Å². The lowest BCUT2D eigenvalue weighted by atomic mass is 9.98. The van der Waals surface area contributed by atoms with Gasteiger partial charge in [-0.15, -0.1) is 6.58 Å². The van der Waals surface area contributed by atoms with Gasteiger partial charge in [0.1, 0.15) is 11.7 Å². The van der Waals surface area contributed by atoms with E-state index >= 15 is 0 Å². The molecule has 1 atom stereocenters. The Balaban J connectivity index is 3.15. The molecule has 1 rings (SSSR count). The number of hydrogen-bond donors (Lipinski definition) is 1. The van der Waals surface area contributed by atoms with Gasteiger partial charge in [-0.1, -0.05) is 24.3 Å². The molecule has 0 spiro atoms. The third-order valence-corrected chi connectivity index (χ3v) is 1.98. The maximum absolute atomic E-state index is 10.9. The first-order valence-electron chi connectivity index (χ1n) is 4.19. The van der Waals surface area contributed by atoms with Crippen LogP contribution >= 0.6 is 0 Å². The van der Waals surface area contributed by atoms with Crippen LogP contribution in [0.1, 0.15) is 11.5 Å². The Kier molecular flexibility index (Phi) is 3.29. The van der Waals surface area contributed by atoms with Crippen molar-refractivity contribution in [1.82, 2.24) is 0 Å². The topological polar surface area (TPSA) is 46.5 Å². The van der Waals surface area contributed by atoms with E-state index in [0.29, 0.717) is 11.3 Å². The number of benzene rings is 1. The van der Waals surface area contributed by atoms with E-state index in [1.54, 1.807) is 24.3 Å². The van der Waals surface area contributed by atoms with E-state index in [0.717, 1.165) is 0 Å². The molecule has 1 aromatic carbocycles. The number of carboxylic acid groups (broad SMARTS) is 1. The number of rotatable bonds is 4. The first-order chi connectivity index (χ1) is 6.70. The van der Waals surface area contributed by atoms with Crippen LogP contribution in [0.3, 0.4) is 0 Å². The van der Waals surface area contributed by atoms with Crippen LogP contribution in [0.2, 0.25) is 0 Å². The Bertz CT molecular complexity index is 344. The number of methoxy groups -OCH3 is 1. The SMILES string of the molecule is C=CC(C(=O)O)c1ccccc1OC. The molecule has 0 heterocycles. The molecule has 0 fully saturated rings. The van der Waals surface area contributed by atoms with Gasteiger partial charge in [0.05, 0.1) is 7.11 Å². The minimum Gasteiger partial charge on any atom is -0.496 e. The van der Waals surface area contributed by atoms with Crippen LogP contribution in [-0.4, -0.2) is 18.2 Å². The molecule has 0 bridgehead atoms. The van der Waals surface area contributed by atoms with Gasteiger partial charge in [-0.05, 0) is 6.07 Å². The van der Waals surface area contributed by atoms with E-state index in [1.807, 2.05) is 0 Å². The van der Waals surface area contributed by atoms with Gasteiger partial charge in [0.2, 0.25) is 0 Å². The monoisotopic (exact) mass is 192 g/mol. The number of aliphatic carboxylic acids is 1. The summed E-state index contributed by atoms with van der Waals surface area (Å²) in [6.07, 6.45) is 1.39. The van der Waals surface area contributed by atoms with Crippen molar-refractivity contribution >= 4 is 5.97 Å². The van der Waals surface area contributed by atoms with E-state index in [2.05, 4.69) is 6.58 Å².